The highest BCUT2D eigenvalue weighted by Crippen LogP contribution is 2.54. The molecule has 2 aromatic rings. The van der Waals surface area contributed by atoms with Gasteiger partial charge in [0.2, 0.25) is 0 Å². The van der Waals surface area contributed by atoms with Crippen LogP contribution in [0.1, 0.15) is 17.5 Å². The Hall–Kier alpha value is -0.860. The third kappa shape index (κ3) is 2.19. The van der Waals surface area contributed by atoms with Crippen LogP contribution < -0.4 is 0 Å². The van der Waals surface area contributed by atoms with Gasteiger partial charge in [0.25, 0.3) is 0 Å². The van der Waals surface area contributed by atoms with Gasteiger partial charge in [-0.15, -0.1) is 23.5 Å². The highest BCUT2D eigenvalue weighted by molar-refractivity contribution is 8.18. The maximum absolute atomic E-state index is 2.26. The van der Waals surface area contributed by atoms with Crippen molar-refractivity contribution in [1.82, 2.24) is 0 Å². The van der Waals surface area contributed by atoms with Crippen LogP contribution in [0.15, 0.2) is 60.7 Å². The molecule has 92 valence electrons. The van der Waals surface area contributed by atoms with E-state index in [1.54, 1.807) is 0 Å². The third-order valence-electron chi connectivity index (χ3n) is 3.21. The van der Waals surface area contributed by atoms with Gasteiger partial charge in [0.05, 0.1) is 0 Å². The molecule has 0 saturated carbocycles. The molecule has 0 N–H and O–H groups in total. The normalized spacial score (nSPS) is 18.4. The summed E-state index contributed by atoms with van der Waals surface area (Å²) in [5.74, 6) is 2.49. The SMILES string of the molecule is c1ccc(C2(c3ccccc3)SCCCS2)cc1. The summed E-state index contributed by atoms with van der Waals surface area (Å²) in [6, 6.07) is 21.8. The molecular weight excluding hydrogens is 256 g/mol. The van der Waals surface area contributed by atoms with Crippen molar-refractivity contribution < 1.29 is 0 Å². The van der Waals surface area contributed by atoms with Crippen molar-refractivity contribution in [2.75, 3.05) is 11.5 Å². The first-order chi connectivity index (χ1) is 8.92. The van der Waals surface area contributed by atoms with Crippen LogP contribution in [0.2, 0.25) is 0 Å². The van der Waals surface area contributed by atoms with Gasteiger partial charge < -0.3 is 0 Å². The first kappa shape index (κ1) is 12.2. The highest BCUT2D eigenvalue weighted by atomic mass is 32.2. The molecule has 0 spiro atoms. The smallest absolute Gasteiger partial charge is 0.111 e. The summed E-state index contributed by atoms with van der Waals surface area (Å²) >= 11 is 4.16. The first-order valence-electron chi connectivity index (χ1n) is 6.31. The Bertz CT molecular complexity index is 446. The molecule has 0 atom stereocenters. The molecule has 2 aromatic carbocycles. The summed E-state index contributed by atoms with van der Waals surface area (Å²) in [7, 11) is 0. The summed E-state index contributed by atoms with van der Waals surface area (Å²) in [5, 5.41) is 0. The van der Waals surface area contributed by atoms with Gasteiger partial charge in [-0.25, -0.2) is 0 Å². The molecule has 0 unspecified atom stereocenters. The van der Waals surface area contributed by atoms with Crippen LogP contribution in [-0.2, 0) is 4.08 Å². The zero-order valence-electron chi connectivity index (χ0n) is 10.2. The zero-order valence-corrected chi connectivity index (χ0v) is 11.8. The Kier molecular flexibility index (Phi) is 3.67. The van der Waals surface area contributed by atoms with Gasteiger partial charge in [-0.2, -0.15) is 0 Å². The second kappa shape index (κ2) is 5.41. The van der Waals surface area contributed by atoms with Crippen molar-refractivity contribution in [2.24, 2.45) is 0 Å². The fourth-order valence-electron chi connectivity index (χ4n) is 2.35. The fourth-order valence-corrected chi connectivity index (χ4v) is 5.73. The Labute approximate surface area is 117 Å². The van der Waals surface area contributed by atoms with E-state index in [2.05, 4.69) is 84.2 Å². The largest absolute Gasteiger partial charge is 0.135 e. The molecule has 0 aromatic heterocycles. The lowest BCUT2D eigenvalue weighted by Gasteiger charge is -2.37. The zero-order chi connectivity index (χ0) is 12.3. The van der Waals surface area contributed by atoms with Gasteiger partial charge in [-0.3, -0.25) is 0 Å². The summed E-state index contributed by atoms with van der Waals surface area (Å²) < 4.78 is 0.0980. The van der Waals surface area contributed by atoms with Gasteiger partial charge in [0, 0.05) is 0 Å². The average molecular weight is 272 g/mol. The summed E-state index contributed by atoms with van der Waals surface area (Å²) in [5.41, 5.74) is 2.84. The first-order valence-corrected chi connectivity index (χ1v) is 8.28. The number of hydrogen-bond donors (Lipinski definition) is 0. The lowest BCUT2D eigenvalue weighted by molar-refractivity contribution is 1.00. The Morgan fingerprint density at radius 3 is 1.56 bits per heavy atom. The van der Waals surface area contributed by atoms with E-state index in [1.807, 2.05) is 0 Å². The van der Waals surface area contributed by atoms with Crippen LogP contribution in [0.3, 0.4) is 0 Å². The minimum atomic E-state index is 0.0980. The molecule has 1 aliphatic heterocycles. The number of thioether (sulfide) groups is 2. The molecule has 1 heterocycles. The molecule has 1 saturated heterocycles. The van der Waals surface area contributed by atoms with E-state index in [1.165, 1.54) is 29.1 Å². The Balaban J connectivity index is 2.10. The fraction of sp³-hybridized carbons (Fsp3) is 0.250. The number of benzene rings is 2. The van der Waals surface area contributed by atoms with E-state index in [0.29, 0.717) is 0 Å². The Morgan fingerprint density at radius 1 is 0.667 bits per heavy atom. The van der Waals surface area contributed by atoms with E-state index in [0.717, 1.165) is 0 Å². The van der Waals surface area contributed by atoms with Crippen LogP contribution in [0.25, 0.3) is 0 Å². The maximum Gasteiger partial charge on any atom is 0.111 e. The van der Waals surface area contributed by atoms with Crippen LogP contribution in [0.4, 0.5) is 0 Å². The lowest BCUT2D eigenvalue weighted by Crippen LogP contribution is -2.24. The third-order valence-corrected chi connectivity index (χ3v) is 6.66. The second-order valence-electron chi connectivity index (χ2n) is 4.40. The molecule has 0 amide bonds. The van der Waals surface area contributed by atoms with Crippen molar-refractivity contribution in [3.63, 3.8) is 0 Å². The van der Waals surface area contributed by atoms with Gasteiger partial charge in [-0.05, 0) is 29.1 Å². The van der Waals surface area contributed by atoms with Crippen molar-refractivity contribution in [3.05, 3.63) is 71.8 Å². The van der Waals surface area contributed by atoms with Crippen LogP contribution in [-0.4, -0.2) is 11.5 Å². The van der Waals surface area contributed by atoms with Crippen molar-refractivity contribution in [3.8, 4) is 0 Å². The van der Waals surface area contributed by atoms with E-state index < -0.39 is 0 Å². The molecule has 18 heavy (non-hydrogen) atoms. The lowest BCUT2D eigenvalue weighted by atomic mass is 10.0. The van der Waals surface area contributed by atoms with E-state index >= 15 is 0 Å². The minimum absolute atomic E-state index is 0.0980. The van der Waals surface area contributed by atoms with Gasteiger partial charge >= 0.3 is 0 Å². The molecular formula is C16H16S2. The molecule has 1 fully saturated rings. The van der Waals surface area contributed by atoms with E-state index in [4.69, 9.17) is 0 Å². The molecule has 2 heteroatoms. The standard InChI is InChI=1S/C16H16S2/c1-3-8-14(9-4-1)16(17-12-7-13-18-16)15-10-5-2-6-11-15/h1-6,8-11H,7,12-13H2. The predicted molar refractivity (Wildman–Crippen MR) is 83.2 cm³/mol. The maximum atomic E-state index is 2.26. The molecule has 0 radical (unpaired) electrons. The molecule has 0 nitrogen and oxygen atoms in total. The van der Waals surface area contributed by atoms with Crippen molar-refractivity contribution in [1.29, 1.82) is 0 Å². The van der Waals surface area contributed by atoms with E-state index in [-0.39, 0.29) is 4.08 Å². The van der Waals surface area contributed by atoms with Gasteiger partial charge in [-0.1, -0.05) is 60.7 Å². The average Bonchev–Trinajstić information content (AvgIpc) is 2.50. The predicted octanol–water partition coefficient (Wildman–Crippen LogP) is 4.76. The summed E-state index contributed by atoms with van der Waals surface area (Å²) in [6.07, 6.45) is 1.32. The summed E-state index contributed by atoms with van der Waals surface area (Å²) in [4.78, 5) is 0. The Morgan fingerprint density at radius 2 is 1.11 bits per heavy atom. The quantitative estimate of drug-likeness (QED) is 0.773. The van der Waals surface area contributed by atoms with Gasteiger partial charge in [0.15, 0.2) is 0 Å². The monoisotopic (exact) mass is 272 g/mol. The van der Waals surface area contributed by atoms with E-state index in [9.17, 15) is 0 Å². The molecule has 3 rings (SSSR count). The second-order valence-corrected chi connectivity index (χ2v) is 7.28. The van der Waals surface area contributed by atoms with Crippen LogP contribution in [0.5, 0.6) is 0 Å². The van der Waals surface area contributed by atoms with Gasteiger partial charge in [0.1, 0.15) is 4.08 Å². The van der Waals surface area contributed by atoms with Crippen molar-refractivity contribution in [2.45, 2.75) is 10.5 Å². The molecule has 0 aliphatic carbocycles. The van der Waals surface area contributed by atoms with Crippen LogP contribution in [0, 0.1) is 0 Å². The number of rotatable bonds is 2. The highest BCUT2D eigenvalue weighted by Gasteiger charge is 2.37. The summed E-state index contributed by atoms with van der Waals surface area (Å²) in [6.45, 7) is 0. The molecule has 1 aliphatic rings. The van der Waals surface area contributed by atoms with Crippen LogP contribution >= 0.6 is 23.5 Å². The van der Waals surface area contributed by atoms with Crippen molar-refractivity contribution >= 4 is 23.5 Å². The topological polar surface area (TPSA) is 0 Å². The molecule has 0 bridgehead atoms. The number of hydrogen-bond acceptors (Lipinski definition) is 2. The minimum Gasteiger partial charge on any atom is -0.135 e.